The molecule has 0 bridgehead atoms. The van der Waals surface area contributed by atoms with Crippen LogP contribution in [0.3, 0.4) is 0 Å². The fourth-order valence-electron chi connectivity index (χ4n) is 1.95. The summed E-state index contributed by atoms with van der Waals surface area (Å²) in [5.74, 6) is 0.628. The zero-order chi connectivity index (χ0) is 13.0. The van der Waals surface area contributed by atoms with Gasteiger partial charge in [-0.05, 0) is 25.0 Å². The summed E-state index contributed by atoms with van der Waals surface area (Å²) in [6, 6.07) is 6.86. The van der Waals surface area contributed by atoms with Gasteiger partial charge >= 0.3 is 0 Å². The average molecular weight is 267 g/mol. The molecule has 0 atom stereocenters. The highest BCUT2D eigenvalue weighted by Crippen LogP contribution is 2.03. The topological polar surface area (TPSA) is 54.9 Å². The Kier molecular flexibility index (Phi) is 4.20. The number of hydrogen-bond donors (Lipinski definition) is 1. The summed E-state index contributed by atoms with van der Waals surface area (Å²) in [6.07, 6.45) is 2.71. The minimum Gasteiger partial charge on any atom is -0.267 e. The molecule has 0 spiro atoms. The van der Waals surface area contributed by atoms with Gasteiger partial charge in [-0.15, -0.1) is 11.6 Å². The van der Waals surface area contributed by atoms with Gasteiger partial charge in [-0.2, -0.15) is 0 Å². The van der Waals surface area contributed by atoms with Crippen LogP contribution in [0.4, 0.5) is 0 Å². The summed E-state index contributed by atoms with van der Waals surface area (Å²) >= 11 is 5.59. The lowest BCUT2D eigenvalue weighted by atomic mass is 10.2. The Labute approximate surface area is 109 Å². The summed E-state index contributed by atoms with van der Waals surface area (Å²) in [6.45, 7) is 0.524. The molecule has 1 N–H and O–H groups in total. The standard InChI is InChI=1S/C13H15ClN2O2/c14-8-4-1-5-9-16-13(18)11-7-3-2-6-10(11)12(17)15-16/h2-3,6-7H,1,4-5,8-9H2,(H,15,17). The molecule has 18 heavy (non-hydrogen) atoms. The minimum absolute atomic E-state index is 0.143. The van der Waals surface area contributed by atoms with Crippen LogP contribution in [0, 0.1) is 0 Å². The van der Waals surface area contributed by atoms with Gasteiger partial charge in [0.05, 0.1) is 10.8 Å². The van der Waals surface area contributed by atoms with Crippen molar-refractivity contribution in [3.63, 3.8) is 0 Å². The predicted octanol–water partition coefficient (Wildman–Crippen LogP) is 2.10. The Morgan fingerprint density at radius 3 is 2.50 bits per heavy atom. The normalized spacial score (nSPS) is 10.9. The molecule has 0 amide bonds. The van der Waals surface area contributed by atoms with Gasteiger partial charge in [-0.1, -0.05) is 18.6 Å². The lowest BCUT2D eigenvalue weighted by Gasteiger charge is -2.06. The molecule has 0 aliphatic rings. The number of hydrogen-bond acceptors (Lipinski definition) is 2. The van der Waals surface area contributed by atoms with Crippen LogP contribution in [0.25, 0.3) is 10.8 Å². The molecule has 4 nitrogen and oxygen atoms in total. The van der Waals surface area contributed by atoms with Gasteiger partial charge in [0.15, 0.2) is 0 Å². The van der Waals surface area contributed by atoms with Crippen LogP contribution in [0.2, 0.25) is 0 Å². The molecule has 5 heteroatoms. The molecule has 1 aromatic carbocycles. The van der Waals surface area contributed by atoms with Crippen molar-refractivity contribution >= 4 is 22.4 Å². The smallest absolute Gasteiger partial charge is 0.267 e. The van der Waals surface area contributed by atoms with E-state index in [9.17, 15) is 9.59 Å². The van der Waals surface area contributed by atoms with E-state index in [4.69, 9.17) is 11.6 Å². The first-order chi connectivity index (χ1) is 8.74. The number of H-pyrrole nitrogens is 1. The molecule has 0 aliphatic carbocycles. The predicted molar refractivity (Wildman–Crippen MR) is 73.4 cm³/mol. The molecule has 1 heterocycles. The minimum atomic E-state index is -0.220. The molecule has 0 saturated heterocycles. The van der Waals surface area contributed by atoms with Crippen molar-refractivity contribution in [3.05, 3.63) is 45.0 Å². The zero-order valence-electron chi connectivity index (χ0n) is 9.99. The molecule has 1 aromatic heterocycles. The number of fused-ring (bicyclic) bond motifs is 1. The van der Waals surface area contributed by atoms with Crippen LogP contribution in [0.1, 0.15) is 19.3 Å². The van der Waals surface area contributed by atoms with Crippen LogP contribution in [0.5, 0.6) is 0 Å². The second-order valence-corrected chi connectivity index (χ2v) is 4.57. The molecule has 0 radical (unpaired) electrons. The first-order valence-corrected chi connectivity index (χ1v) is 6.55. The van der Waals surface area contributed by atoms with Gasteiger partial charge in [0.1, 0.15) is 0 Å². The van der Waals surface area contributed by atoms with Crippen LogP contribution < -0.4 is 11.1 Å². The van der Waals surface area contributed by atoms with Crippen molar-refractivity contribution in [1.29, 1.82) is 0 Å². The molecule has 0 fully saturated rings. The summed E-state index contributed by atoms with van der Waals surface area (Å²) in [5, 5.41) is 3.53. The fraction of sp³-hybridized carbons (Fsp3) is 0.385. The Hall–Kier alpha value is -1.55. The quantitative estimate of drug-likeness (QED) is 0.666. The third-order valence-electron chi connectivity index (χ3n) is 2.90. The maximum absolute atomic E-state index is 12.1. The lowest BCUT2D eigenvalue weighted by Crippen LogP contribution is -2.29. The molecule has 2 aromatic rings. The number of benzene rings is 1. The van der Waals surface area contributed by atoms with E-state index >= 15 is 0 Å². The first kappa shape index (κ1) is 12.9. The van der Waals surface area contributed by atoms with Gasteiger partial charge in [0.2, 0.25) is 0 Å². The van der Waals surface area contributed by atoms with Crippen LogP contribution in [0.15, 0.2) is 33.9 Å². The van der Waals surface area contributed by atoms with E-state index in [1.165, 1.54) is 4.68 Å². The maximum atomic E-state index is 12.1. The van der Waals surface area contributed by atoms with Crippen molar-refractivity contribution in [3.8, 4) is 0 Å². The van der Waals surface area contributed by atoms with Gasteiger partial charge in [-0.3, -0.25) is 14.7 Å². The largest absolute Gasteiger partial charge is 0.273 e. The number of nitrogens with one attached hydrogen (secondary N) is 1. The Bertz CT molecular complexity index is 645. The van der Waals surface area contributed by atoms with E-state index in [1.54, 1.807) is 24.3 Å². The molecule has 0 aliphatic heterocycles. The summed E-state index contributed by atoms with van der Waals surface area (Å²) < 4.78 is 1.39. The zero-order valence-corrected chi connectivity index (χ0v) is 10.7. The summed E-state index contributed by atoms with van der Waals surface area (Å²) in [4.78, 5) is 23.9. The van der Waals surface area contributed by atoms with Crippen LogP contribution in [-0.4, -0.2) is 15.7 Å². The first-order valence-electron chi connectivity index (χ1n) is 6.02. The van der Waals surface area contributed by atoms with Gasteiger partial charge in [0, 0.05) is 12.4 Å². The number of halogens is 1. The van der Waals surface area contributed by atoms with Crippen LogP contribution >= 0.6 is 11.6 Å². The highest BCUT2D eigenvalue weighted by atomic mass is 35.5. The summed E-state index contributed by atoms with van der Waals surface area (Å²) in [5.41, 5.74) is -0.362. The maximum Gasteiger partial charge on any atom is 0.273 e. The number of aromatic amines is 1. The van der Waals surface area contributed by atoms with Crippen molar-refractivity contribution in [2.24, 2.45) is 0 Å². The van der Waals surface area contributed by atoms with E-state index < -0.39 is 0 Å². The fourth-order valence-corrected chi connectivity index (χ4v) is 2.13. The van der Waals surface area contributed by atoms with E-state index in [0.717, 1.165) is 19.3 Å². The Morgan fingerprint density at radius 2 is 1.78 bits per heavy atom. The average Bonchev–Trinajstić information content (AvgIpc) is 2.40. The Balaban J connectivity index is 2.32. The molecule has 96 valence electrons. The number of aryl methyl sites for hydroxylation is 1. The van der Waals surface area contributed by atoms with Crippen molar-refractivity contribution in [2.45, 2.75) is 25.8 Å². The SMILES string of the molecule is O=c1[nH]n(CCCCCCl)c(=O)c2ccccc12. The van der Waals surface area contributed by atoms with E-state index in [0.29, 0.717) is 23.2 Å². The highest BCUT2D eigenvalue weighted by molar-refractivity contribution is 6.17. The second-order valence-electron chi connectivity index (χ2n) is 4.19. The Morgan fingerprint density at radius 1 is 1.06 bits per heavy atom. The molecular weight excluding hydrogens is 252 g/mol. The number of rotatable bonds is 5. The third kappa shape index (κ3) is 2.64. The van der Waals surface area contributed by atoms with Crippen molar-refractivity contribution in [1.82, 2.24) is 9.78 Å². The van der Waals surface area contributed by atoms with Gasteiger partial charge in [-0.25, -0.2) is 4.68 Å². The second kappa shape index (κ2) is 5.87. The highest BCUT2D eigenvalue weighted by Gasteiger charge is 2.05. The van der Waals surface area contributed by atoms with E-state index in [1.807, 2.05) is 0 Å². The van der Waals surface area contributed by atoms with Gasteiger partial charge < -0.3 is 0 Å². The number of unbranched alkanes of at least 4 members (excludes halogenated alkanes) is 2. The molecule has 0 unspecified atom stereocenters. The van der Waals surface area contributed by atoms with E-state index in [2.05, 4.69) is 5.10 Å². The summed E-state index contributed by atoms with van der Waals surface area (Å²) in [7, 11) is 0. The lowest BCUT2D eigenvalue weighted by molar-refractivity contribution is 0.528. The molecule has 0 saturated carbocycles. The third-order valence-corrected chi connectivity index (χ3v) is 3.17. The molecular formula is C13H15ClN2O2. The van der Waals surface area contributed by atoms with E-state index in [-0.39, 0.29) is 11.1 Å². The monoisotopic (exact) mass is 266 g/mol. The number of nitrogens with zero attached hydrogens (tertiary/aromatic N) is 1. The van der Waals surface area contributed by atoms with Gasteiger partial charge in [0.25, 0.3) is 11.1 Å². The molecule has 2 rings (SSSR count). The number of alkyl halides is 1. The number of aromatic nitrogens is 2. The van der Waals surface area contributed by atoms with Crippen molar-refractivity contribution in [2.75, 3.05) is 5.88 Å². The van der Waals surface area contributed by atoms with Crippen LogP contribution in [-0.2, 0) is 6.54 Å². The van der Waals surface area contributed by atoms with Crippen molar-refractivity contribution < 1.29 is 0 Å².